The van der Waals surface area contributed by atoms with Crippen LogP contribution in [0.15, 0.2) is 18.2 Å². The number of nitro benzene ring substituents is 1. The lowest BCUT2D eigenvalue weighted by Gasteiger charge is -2.34. The topological polar surface area (TPSA) is 58.4 Å². The maximum atomic E-state index is 13.9. The fourth-order valence-electron chi connectivity index (χ4n) is 3.65. The highest BCUT2D eigenvalue weighted by molar-refractivity contribution is 5.34. The molecular formula is C16H22FN3O2. The zero-order valence-corrected chi connectivity index (χ0v) is 12.6. The Kier molecular flexibility index (Phi) is 4.69. The molecular weight excluding hydrogens is 285 g/mol. The van der Waals surface area contributed by atoms with Gasteiger partial charge in [-0.05, 0) is 57.3 Å². The quantitative estimate of drug-likeness (QED) is 0.686. The summed E-state index contributed by atoms with van der Waals surface area (Å²) in [6.07, 6.45) is 4.85. The number of rotatable bonds is 4. The fourth-order valence-corrected chi connectivity index (χ4v) is 3.65. The van der Waals surface area contributed by atoms with Gasteiger partial charge < -0.3 is 5.32 Å². The molecule has 2 aliphatic heterocycles. The second-order valence-corrected chi connectivity index (χ2v) is 6.35. The van der Waals surface area contributed by atoms with Crippen molar-refractivity contribution in [2.45, 2.75) is 38.3 Å². The van der Waals surface area contributed by atoms with Crippen LogP contribution in [-0.4, -0.2) is 35.5 Å². The average molecular weight is 307 g/mol. The van der Waals surface area contributed by atoms with Crippen molar-refractivity contribution in [3.05, 3.63) is 39.7 Å². The third kappa shape index (κ3) is 3.44. The molecule has 0 aromatic heterocycles. The minimum Gasteiger partial charge on any atom is -0.314 e. The maximum Gasteiger partial charge on any atom is 0.272 e. The highest BCUT2D eigenvalue weighted by Gasteiger charge is 2.28. The van der Waals surface area contributed by atoms with Crippen molar-refractivity contribution >= 4 is 5.69 Å². The molecule has 1 aromatic rings. The normalized spacial score (nSPS) is 23.8. The Labute approximate surface area is 129 Å². The molecule has 1 N–H and O–H groups in total. The Balaban J connectivity index is 1.55. The molecule has 0 aliphatic carbocycles. The fraction of sp³-hybridized carbons (Fsp3) is 0.625. The zero-order chi connectivity index (χ0) is 15.5. The van der Waals surface area contributed by atoms with Crippen molar-refractivity contribution in [1.82, 2.24) is 10.2 Å². The number of non-ortho nitro benzene ring substituents is 1. The van der Waals surface area contributed by atoms with Crippen molar-refractivity contribution in [3.63, 3.8) is 0 Å². The molecule has 0 saturated carbocycles. The molecule has 120 valence electrons. The largest absolute Gasteiger partial charge is 0.314 e. The minimum absolute atomic E-state index is 0.188. The molecule has 2 fully saturated rings. The number of benzene rings is 1. The number of hydrogen-bond donors (Lipinski definition) is 1. The molecule has 0 radical (unpaired) electrons. The smallest absolute Gasteiger partial charge is 0.272 e. The van der Waals surface area contributed by atoms with Gasteiger partial charge in [0, 0.05) is 24.2 Å². The van der Waals surface area contributed by atoms with E-state index in [9.17, 15) is 14.5 Å². The molecule has 5 nitrogen and oxygen atoms in total. The Morgan fingerprint density at radius 1 is 1.32 bits per heavy atom. The number of piperidine rings is 1. The van der Waals surface area contributed by atoms with E-state index in [-0.39, 0.29) is 5.69 Å². The number of halogens is 1. The first kappa shape index (κ1) is 15.4. The second kappa shape index (κ2) is 6.71. The van der Waals surface area contributed by atoms with Gasteiger partial charge in [0.15, 0.2) is 0 Å². The Bertz CT molecular complexity index is 538. The van der Waals surface area contributed by atoms with Crippen molar-refractivity contribution < 1.29 is 9.31 Å². The summed E-state index contributed by atoms with van der Waals surface area (Å²) in [7, 11) is 0. The van der Waals surface area contributed by atoms with Gasteiger partial charge in [0.2, 0.25) is 0 Å². The highest BCUT2D eigenvalue weighted by Crippen LogP contribution is 2.27. The number of nitrogens with one attached hydrogen (secondary N) is 1. The van der Waals surface area contributed by atoms with Gasteiger partial charge >= 0.3 is 0 Å². The first-order chi connectivity index (χ1) is 10.6. The molecule has 0 amide bonds. The van der Waals surface area contributed by atoms with Gasteiger partial charge in [-0.1, -0.05) is 0 Å². The van der Waals surface area contributed by atoms with E-state index in [1.54, 1.807) is 0 Å². The molecule has 2 heterocycles. The van der Waals surface area contributed by atoms with Crippen LogP contribution in [0.1, 0.15) is 31.2 Å². The van der Waals surface area contributed by atoms with Gasteiger partial charge in [0.05, 0.1) is 11.0 Å². The monoisotopic (exact) mass is 307 g/mol. The van der Waals surface area contributed by atoms with Crippen LogP contribution in [0, 0.1) is 21.8 Å². The second-order valence-electron chi connectivity index (χ2n) is 6.35. The summed E-state index contributed by atoms with van der Waals surface area (Å²) in [5, 5.41) is 14.2. The van der Waals surface area contributed by atoms with Crippen LogP contribution in [0.25, 0.3) is 0 Å². The minimum atomic E-state index is -0.563. The number of nitro groups is 1. The van der Waals surface area contributed by atoms with Gasteiger partial charge in [-0.15, -0.1) is 0 Å². The van der Waals surface area contributed by atoms with Crippen LogP contribution in [0.4, 0.5) is 10.1 Å². The number of nitrogens with zero attached hydrogens (tertiary/aromatic N) is 2. The van der Waals surface area contributed by atoms with Crippen molar-refractivity contribution in [3.8, 4) is 0 Å². The van der Waals surface area contributed by atoms with Crippen molar-refractivity contribution in [1.29, 1.82) is 0 Å². The maximum absolute atomic E-state index is 13.9. The number of likely N-dealkylation sites (tertiary alicyclic amines) is 1. The van der Waals surface area contributed by atoms with E-state index >= 15 is 0 Å². The van der Waals surface area contributed by atoms with E-state index in [2.05, 4.69) is 10.2 Å². The van der Waals surface area contributed by atoms with Crippen LogP contribution in [0.2, 0.25) is 0 Å². The van der Waals surface area contributed by atoms with Crippen molar-refractivity contribution in [2.75, 3.05) is 19.6 Å². The molecule has 2 aliphatic rings. The molecule has 0 bridgehead atoms. The lowest BCUT2D eigenvalue weighted by molar-refractivity contribution is -0.385. The van der Waals surface area contributed by atoms with E-state index in [1.807, 2.05) is 0 Å². The van der Waals surface area contributed by atoms with E-state index in [0.29, 0.717) is 18.2 Å². The van der Waals surface area contributed by atoms with E-state index < -0.39 is 10.7 Å². The van der Waals surface area contributed by atoms with Crippen LogP contribution >= 0.6 is 0 Å². The van der Waals surface area contributed by atoms with Crippen LogP contribution in [-0.2, 0) is 6.54 Å². The standard InChI is InChI=1S/C16H22FN3O2/c17-15-10-14(20(21)22)4-3-13(15)11-19-8-5-12(6-9-19)16-2-1-7-18-16/h3-4,10,12,16,18H,1-2,5-9,11H2. The SMILES string of the molecule is O=[N+]([O-])c1ccc(CN2CCC(C3CCCN3)CC2)c(F)c1. The first-order valence-corrected chi connectivity index (χ1v) is 8.02. The van der Waals surface area contributed by atoms with Gasteiger partial charge in [-0.25, -0.2) is 4.39 Å². The lowest BCUT2D eigenvalue weighted by atomic mass is 9.88. The van der Waals surface area contributed by atoms with Gasteiger partial charge in [0.25, 0.3) is 5.69 Å². The first-order valence-electron chi connectivity index (χ1n) is 8.02. The lowest BCUT2D eigenvalue weighted by Crippen LogP contribution is -2.40. The van der Waals surface area contributed by atoms with Gasteiger partial charge in [-0.2, -0.15) is 0 Å². The summed E-state index contributed by atoms with van der Waals surface area (Å²) in [4.78, 5) is 12.3. The summed E-state index contributed by atoms with van der Waals surface area (Å²) < 4.78 is 13.9. The van der Waals surface area contributed by atoms with Gasteiger partial charge in [-0.3, -0.25) is 15.0 Å². The Morgan fingerprint density at radius 2 is 2.09 bits per heavy atom. The zero-order valence-electron chi connectivity index (χ0n) is 12.6. The van der Waals surface area contributed by atoms with Crippen molar-refractivity contribution in [2.24, 2.45) is 5.92 Å². The summed E-state index contributed by atoms with van der Waals surface area (Å²) in [6, 6.07) is 4.61. The average Bonchev–Trinajstić information content (AvgIpc) is 3.04. The molecule has 1 aromatic carbocycles. The van der Waals surface area contributed by atoms with Gasteiger partial charge in [0.1, 0.15) is 5.82 Å². The molecule has 0 spiro atoms. The molecule has 6 heteroatoms. The third-order valence-electron chi connectivity index (χ3n) is 4.94. The van der Waals surface area contributed by atoms with Crippen LogP contribution < -0.4 is 5.32 Å². The van der Waals surface area contributed by atoms with E-state index in [4.69, 9.17) is 0 Å². The van der Waals surface area contributed by atoms with E-state index in [0.717, 1.165) is 44.5 Å². The third-order valence-corrected chi connectivity index (χ3v) is 4.94. The molecule has 1 unspecified atom stereocenters. The Morgan fingerprint density at radius 3 is 2.68 bits per heavy atom. The number of hydrogen-bond acceptors (Lipinski definition) is 4. The predicted octanol–water partition coefficient (Wildman–Crippen LogP) is 2.70. The summed E-state index contributed by atoms with van der Waals surface area (Å²) in [5.41, 5.74) is 0.357. The van der Waals surface area contributed by atoms with Crippen LogP contribution in [0.3, 0.4) is 0 Å². The Hall–Kier alpha value is -1.53. The summed E-state index contributed by atoms with van der Waals surface area (Å²) >= 11 is 0. The predicted molar refractivity (Wildman–Crippen MR) is 82.1 cm³/mol. The molecule has 2 saturated heterocycles. The molecule has 3 rings (SSSR count). The molecule has 1 atom stereocenters. The molecule has 22 heavy (non-hydrogen) atoms. The summed E-state index contributed by atoms with van der Waals surface area (Å²) in [6.45, 7) is 3.62. The van der Waals surface area contributed by atoms with Crippen LogP contribution in [0.5, 0.6) is 0 Å². The summed E-state index contributed by atoms with van der Waals surface area (Å²) in [5.74, 6) is 0.259. The highest BCUT2D eigenvalue weighted by atomic mass is 19.1. The van der Waals surface area contributed by atoms with E-state index in [1.165, 1.54) is 25.0 Å².